The van der Waals surface area contributed by atoms with E-state index in [1.54, 1.807) is 18.2 Å². The van der Waals surface area contributed by atoms with E-state index in [2.05, 4.69) is 0 Å². The molecule has 0 aliphatic rings. The predicted molar refractivity (Wildman–Crippen MR) is 57.2 cm³/mol. The molecule has 5 nitrogen and oxygen atoms in total. The van der Waals surface area contributed by atoms with Crippen molar-refractivity contribution in [2.75, 3.05) is 6.61 Å². The average molecular weight is 223 g/mol. The van der Waals surface area contributed by atoms with Gasteiger partial charge >= 0.3 is 5.97 Å². The number of rotatable bonds is 5. The molecule has 0 saturated heterocycles. The van der Waals surface area contributed by atoms with Crippen molar-refractivity contribution in [3.8, 4) is 5.75 Å². The van der Waals surface area contributed by atoms with E-state index in [1.165, 1.54) is 0 Å². The van der Waals surface area contributed by atoms with Crippen LogP contribution in [-0.2, 0) is 16.0 Å². The lowest BCUT2D eigenvalue weighted by atomic mass is 10.1. The number of ether oxygens (including phenoxy) is 1. The molecule has 0 aromatic heterocycles. The molecule has 0 unspecified atom stereocenters. The van der Waals surface area contributed by atoms with Crippen molar-refractivity contribution < 1.29 is 19.4 Å². The standard InChI is InChI=1S/C11H13NO4/c1-7-2-8(5-11(14)15)4-9(3-7)16-6-10(12)13/h2-4H,5-6H2,1H3,(H2,12,13)(H,14,15). The molecule has 0 atom stereocenters. The van der Waals surface area contributed by atoms with Crippen molar-refractivity contribution in [3.63, 3.8) is 0 Å². The second kappa shape index (κ2) is 5.16. The molecule has 0 spiro atoms. The van der Waals surface area contributed by atoms with Gasteiger partial charge in [-0.25, -0.2) is 0 Å². The van der Waals surface area contributed by atoms with Crippen LogP contribution in [0.25, 0.3) is 0 Å². The lowest BCUT2D eigenvalue weighted by Crippen LogP contribution is -2.20. The van der Waals surface area contributed by atoms with Crippen LogP contribution in [0.15, 0.2) is 18.2 Å². The van der Waals surface area contributed by atoms with Crippen molar-refractivity contribution in [1.29, 1.82) is 0 Å². The summed E-state index contributed by atoms with van der Waals surface area (Å²) in [5, 5.41) is 8.65. The third-order valence-electron chi connectivity index (χ3n) is 1.85. The van der Waals surface area contributed by atoms with E-state index in [-0.39, 0.29) is 13.0 Å². The molecule has 3 N–H and O–H groups in total. The van der Waals surface area contributed by atoms with Crippen LogP contribution >= 0.6 is 0 Å². The van der Waals surface area contributed by atoms with Gasteiger partial charge in [0.25, 0.3) is 5.91 Å². The van der Waals surface area contributed by atoms with Gasteiger partial charge in [-0.15, -0.1) is 0 Å². The van der Waals surface area contributed by atoms with E-state index in [4.69, 9.17) is 15.6 Å². The summed E-state index contributed by atoms with van der Waals surface area (Å²) in [5.74, 6) is -1.03. The van der Waals surface area contributed by atoms with Gasteiger partial charge in [0, 0.05) is 0 Å². The zero-order chi connectivity index (χ0) is 12.1. The fourth-order valence-corrected chi connectivity index (χ4v) is 1.34. The van der Waals surface area contributed by atoms with Crippen LogP contribution in [-0.4, -0.2) is 23.6 Å². The topological polar surface area (TPSA) is 89.6 Å². The Bertz CT molecular complexity index is 414. The van der Waals surface area contributed by atoms with Gasteiger partial charge in [0.05, 0.1) is 6.42 Å². The normalized spacial score (nSPS) is 9.81. The Hall–Kier alpha value is -2.04. The van der Waals surface area contributed by atoms with E-state index in [9.17, 15) is 9.59 Å². The number of amides is 1. The summed E-state index contributed by atoms with van der Waals surface area (Å²) in [5.41, 5.74) is 6.44. The molecule has 1 aromatic rings. The summed E-state index contributed by atoms with van der Waals surface area (Å²) in [6, 6.07) is 5.06. The quantitative estimate of drug-likeness (QED) is 0.760. The summed E-state index contributed by atoms with van der Waals surface area (Å²) < 4.78 is 5.10. The Balaban J connectivity index is 2.80. The summed E-state index contributed by atoms with van der Waals surface area (Å²) in [6.45, 7) is 1.61. The molecule has 0 fully saturated rings. The first kappa shape index (κ1) is 12.0. The number of carboxylic acids is 1. The smallest absolute Gasteiger partial charge is 0.307 e. The van der Waals surface area contributed by atoms with Crippen molar-refractivity contribution in [1.82, 2.24) is 0 Å². The van der Waals surface area contributed by atoms with Gasteiger partial charge in [-0.05, 0) is 30.2 Å². The van der Waals surface area contributed by atoms with Crippen molar-refractivity contribution in [3.05, 3.63) is 29.3 Å². The molecule has 1 aromatic carbocycles. The van der Waals surface area contributed by atoms with Crippen molar-refractivity contribution in [2.45, 2.75) is 13.3 Å². The summed E-state index contributed by atoms with van der Waals surface area (Å²) in [6.07, 6.45) is -0.0748. The van der Waals surface area contributed by atoms with Crippen molar-refractivity contribution in [2.24, 2.45) is 5.73 Å². The second-order valence-corrected chi connectivity index (χ2v) is 3.48. The maximum absolute atomic E-state index is 10.5. The largest absolute Gasteiger partial charge is 0.484 e. The van der Waals surface area contributed by atoms with E-state index < -0.39 is 11.9 Å². The highest BCUT2D eigenvalue weighted by Crippen LogP contribution is 2.17. The molecule has 1 rings (SSSR count). The second-order valence-electron chi connectivity index (χ2n) is 3.48. The molecule has 0 bridgehead atoms. The Morgan fingerprint density at radius 2 is 2.06 bits per heavy atom. The Morgan fingerprint density at radius 1 is 1.38 bits per heavy atom. The Morgan fingerprint density at radius 3 is 2.62 bits per heavy atom. The SMILES string of the molecule is Cc1cc(CC(=O)O)cc(OCC(N)=O)c1. The maximum Gasteiger partial charge on any atom is 0.307 e. The highest BCUT2D eigenvalue weighted by Gasteiger charge is 2.05. The number of benzene rings is 1. The van der Waals surface area contributed by atoms with Crippen molar-refractivity contribution >= 4 is 11.9 Å². The van der Waals surface area contributed by atoms with Gasteiger partial charge < -0.3 is 15.6 Å². The summed E-state index contributed by atoms with van der Waals surface area (Å²) in [7, 11) is 0. The van der Waals surface area contributed by atoms with Crippen LogP contribution in [0.3, 0.4) is 0 Å². The number of aryl methyl sites for hydroxylation is 1. The number of primary amides is 1. The fraction of sp³-hybridized carbons (Fsp3) is 0.273. The van der Waals surface area contributed by atoms with Crippen LogP contribution in [0, 0.1) is 6.92 Å². The van der Waals surface area contributed by atoms with Crippen LogP contribution in [0.1, 0.15) is 11.1 Å². The highest BCUT2D eigenvalue weighted by molar-refractivity contribution is 5.75. The molecule has 0 saturated carbocycles. The molecular formula is C11H13NO4. The first-order chi connectivity index (χ1) is 7.47. The minimum atomic E-state index is -0.911. The van der Waals surface area contributed by atoms with Gasteiger partial charge in [0.2, 0.25) is 0 Å². The highest BCUT2D eigenvalue weighted by atomic mass is 16.5. The molecular weight excluding hydrogens is 210 g/mol. The van der Waals surface area contributed by atoms with Crippen LogP contribution in [0.5, 0.6) is 5.75 Å². The number of nitrogens with two attached hydrogens (primary N) is 1. The molecule has 0 radical (unpaired) electrons. The Labute approximate surface area is 92.8 Å². The van der Waals surface area contributed by atoms with Gasteiger partial charge in [0.1, 0.15) is 5.75 Å². The zero-order valence-corrected chi connectivity index (χ0v) is 8.90. The molecule has 1 amide bonds. The number of hydrogen-bond acceptors (Lipinski definition) is 3. The minimum Gasteiger partial charge on any atom is -0.484 e. The van der Waals surface area contributed by atoms with Crippen LogP contribution in [0.4, 0.5) is 0 Å². The van der Waals surface area contributed by atoms with E-state index in [1.807, 2.05) is 6.92 Å². The lowest BCUT2D eigenvalue weighted by molar-refractivity contribution is -0.136. The average Bonchev–Trinajstić information content (AvgIpc) is 2.12. The van der Waals surface area contributed by atoms with Crippen LogP contribution in [0.2, 0.25) is 0 Å². The lowest BCUT2D eigenvalue weighted by Gasteiger charge is -2.07. The Kier molecular flexibility index (Phi) is 3.88. The van der Waals surface area contributed by atoms with E-state index >= 15 is 0 Å². The van der Waals surface area contributed by atoms with Gasteiger partial charge in [-0.1, -0.05) is 6.07 Å². The summed E-state index contributed by atoms with van der Waals surface area (Å²) in [4.78, 5) is 21.1. The van der Waals surface area contributed by atoms with E-state index in [0.29, 0.717) is 11.3 Å². The van der Waals surface area contributed by atoms with Gasteiger partial charge in [-0.3, -0.25) is 9.59 Å². The van der Waals surface area contributed by atoms with E-state index in [0.717, 1.165) is 5.56 Å². The molecule has 0 aliphatic carbocycles. The molecule has 0 heterocycles. The number of hydrogen-bond donors (Lipinski definition) is 2. The monoisotopic (exact) mass is 223 g/mol. The third-order valence-corrected chi connectivity index (χ3v) is 1.85. The first-order valence-electron chi connectivity index (χ1n) is 4.71. The summed E-state index contributed by atoms with van der Waals surface area (Å²) >= 11 is 0. The first-order valence-corrected chi connectivity index (χ1v) is 4.71. The number of carbonyl (C=O) groups is 2. The molecule has 5 heteroatoms. The fourth-order valence-electron chi connectivity index (χ4n) is 1.34. The third kappa shape index (κ3) is 4.00. The van der Waals surface area contributed by atoms with Gasteiger partial charge in [0.15, 0.2) is 6.61 Å². The zero-order valence-electron chi connectivity index (χ0n) is 8.90. The van der Waals surface area contributed by atoms with Gasteiger partial charge in [-0.2, -0.15) is 0 Å². The molecule has 0 aliphatic heterocycles. The maximum atomic E-state index is 10.5. The molecule has 86 valence electrons. The predicted octanol–water partition coefficient (Wildman–Crippen LogP) is 0.486. The number of carboxylic acid groups (broad SMARTS) is 1. The number of aliphatic carboxylic acids is 1. The molecule has 16 heavy (non-hydrogen) atoms. The number of carbonyl (C=O) groups excluding carboxylic acids is 1. The van der Waals surface area contributed by atoms with Crippen LogP contribution < -0.4 is 10.5 Å². The minimum absolute atomic E-state index is 0.0748.